The van der Waals surface area contributed by atoms with Crippen LogP contribution in [0.4, 0.5) is 0 Å². The van der Waals surface area contributed by atoms with Crippen molar-refractivity contribution in [3.8, 4) is 0 Å². The summed E-state index contributed by atoms with van der Waals surface area (Å²) in [4.78, 5) is 14.3. The van der Waals surface area contributed by atoms with Gasteiger partial charge in [0, 0.05) is 25.2 Å². The molecule has 1 saturated heterocycles. The lowest BCUT2D eigenvalue weighted by Crippen LogP contribution is -2.30. The van der Waals surface area contributed by atoms with Crippen molar-refractivity contribution in [2.24, 2.45) is 0 Å². The fraction of sp³-hybridized carbons (Fsp3) is 0.562. The van der Waals surface area contributed by atoms with Gasteiger partial charge in [-0.15, -0.1) is 0 Å². The molecular formula is C16H22N2O. The van der Waals surface area contributed by atoms with Crippen molar-refractivity contribution in [2.45, 2.75) is 37.6 Å². The highest BCUT2D eigenvalue weighted by Crippen LogP contribution is 2.28. The number of piperidine rings is 1. The van der Waals surface area contributed by atoms with Gasteiger partial charge in [0.15, 0.2) is 0 Å². The number of hydrogen-bond acceptors (Lipinski definition) is 2. The van der Waals surface area contributed by atoms with E-state index in [1.165, 1.54) is 18.4 Å². The largest absolute Gasteiger partial charge is 0.339 e. The lowest BCUT2D eigenvalue weighted by atomic mass is 9.90. The summed E-state index contributed by atoms with van der Waals surface area (Å²) in [7, 11) is 1.93. The van der Waals surface area contributed by atoms with E-state index in [4.69, 9.17) is 0 Å². The maximum atomic E-state index is 12.4. The van der Waals surface area contributed by atoms with E-state index in [9.17, 15) is 4.79 Å². The lowest BCUT2D eigenvalue weighted by molar-refractivity contribution is 0.0785. The molecule has 1 saturated carbocycles. The van der Waals surface area contributed by atoms with Gasteiger partial charge in [0.05, 0.1) is 0 Å². The molecule has 2 aliphatic rings. The van der Waals surface area contributed by atoms with Gasteiger partial charge in [0.1, 0.15) is 0 Å². The Morgan fingerprint density at radius 3 is 2.84 bits per heavy atom. The molecule has 3 rings (SSSR count). The summed E-state index contributed by atoms with van der Waals surface area (Å²) in [6.07, 6.45) is 4.77. The molecule has 0 radical (unpaired) electrons. The first kappa shape index (κ1) is 12.7. The van der Waals surface area contributed by atoms with Crippen LogP contribution in [-0.4, -0.2) is 37.0 Å². The van der Waals surface area contributed by atoms with Gasteiger partial charge in [-0.25, -0.2) is 0 Å². The molecule has 1 aromatic rings. The molecule has 1 aliphatic heterocycles. The van der Waals surface area contributed by atoms with E-state index in [0.717, 1.165) is 31.5 Å². The van der Waals surface area contributed by atoms with Gasteiger partial charge in [0.2, 0.25) is 0 Å². The molecule has 0 aromatic heterocycles. The first-order valence-corrected chi connectivity index (χ1v) is 7.33. The molecule has 3 nitrogen and oxygen atoms in total. The second kappa shape index (κ2) is 5.33. The number of nitrogens with one attached hydrogen (secondary N) is 1. The molecular weight excluding hydrogens is 236 g/mol. The minimum Gasteiger partial charge on any atom is -0.339 e. The van der Waals surface area contributed by atoms with Crippen molar-refractivity contribution < 1.29 is 4.79 Å². The summed E-state index contributed by atoms with van der Waals surface area (Å²) in [5, 5.41) is 3.44. The summed E-state index contributed by atoms with van der Waals surface area (Å²) >= 11 is 0. The van der Waals surface area contributed by atoms with Gasteiger partial charge in [-0.2, -0.15) is 0 Å². The average Bonchev–Trinajstić information content (AvgIpc) is 3.31. The molecule has 1 N–H and O–H groups in total. The summed E-state index contributed by atoms with van der Waals surface area (Å²) in [5.41, 5.74) is 2.15. The quantitative estimate of drug-likeness (QED) is 0.903. The van der Waals surface area contributed by atoms with E-state index in [2.05, 4.69) is 17.4 Å². The smallest absolute Gasteiger partial charge is 0.253 e. The third kappa shape index (κ3) is 2.81. The molecule has 2 fully saturated rings. The third-order valence-electron chi connectivity index (χ3n) is 4.32. The Labute approximate surface area is 115 Å². The number of nitrogens with zero attached hydrogens (tertiary/aromatic N) is 1. The molecule has 0 bridgehead atoms. The number of hydrogen-bond donors (Lipinski definition) is 1. The molecule has 19 heavy (non-hydrogen) atoms. The molecule has 1 aliphatic carbocycles. The first-order chi connectivity index (χ1) is 9.25. The fourth-order valence-electron chi connectivity index (χ4n) is 2.89. The maximum Gasteiger partial charge on any atom is 0.253 e. The second-order valence-corrected chi connectivity index (χ2v) is 5.82. The number of amides is 1. The second-order valence-electron chi connectivity index (χ2n) is 5.82. The van der Waals surface area contributed by atoms with Crippen LogP contribution in [0.3, 0.4) is 0 Å². The Kier molecular flexibility index (Phi) is 3.56. The molecule has 1 atom stereocenters. The number of carbonyl (C=O) groups is 1. The minimum absolute atomic E-state index is 0.174. The summed E-state index contributed by atoms with van der Waals surface area (Å²) in [5.74, 6) is 0.737. The highest BCUT2D eigenvalue weighted by molar-refractivity contribution is 5.94. The Hall–Kier alpha value is -1.35. The van der Waals surface area contributed by atoms with E-state index in [-0.39, 0.29) is 5.91 Å². The van der Waals surface area contributed by atoms with E-state index >= 15 is 0 Å². The van der Waals surface area contributed by atoms with Gasteiger partial charge in [0.25, 0.3) is 5.91 Å². The van der Waals surface area contributed by atoms with E-state index in [1.807, 2.05) is 24.1 Å². The maximum absolute atomic E-state index is 12.4. The molecule has 1 heterocycles. The highest BCUT2D eigenvalue weighted by Gasteiger charge is 2.30. The van der Waals surface area contributed by atoms with Crippen LogP contribution in [-0.2, 0) is 0 Å². The normalized spacial score (nSPS) is 23.1. The lowest BCUT2D eigenvalue weighted by Gasteiger charge is -2.24. The van der Waals surface area contributed by atoms with E-state index in [1.54, 1.807) is 0 Å². The topological polar surface area (TPSA) is 32.3 Å². The Balaban J connectivity index is 1.76. The Morgan fingerprint density at radius 1 is 1.32 bits per heavy atom. The first-order valence-electron chi connectivity index (χ1n) is 7.33. The van der Waals surface area contributed by atoms with Crippen LogP contribution in [0.15, 0.2) is 24.3 Å². The third-order valence-corrected chi connectivity index (χ3v) is 4.32. The van der Waals surface area contributed by atoms with Crippen LogP contribution in [0.25, 0.3) is 0 Å². The van der Waals surface area contributed by atoms with Crippen molar-refractivity contribution >= 4 is 5.91 Å². The van der Waals surface area contributed by atoms with E-state index < -0.39 is 0 Å². The van der Waals surface area contributed by atoms with Crippen molar-refractivity contribution in [3.05, 3.63) is 35.4 Å². The Bertz CT molecular complexity index is 462. The zero-order valence-corrected chi connectivity index (χ0v) is 11.6. The van der Waals surface area contributed by atoms with Gasteiger partial charge in [-0.1, -0.05) is 12.1 Å². The van der Waals surface area contributed by atoms with E-state index in [0.29, 0.717) is 12.0 Å². The summed E-state index contributed by atoms with van der Waals surface area (Å²) in [6, 6.07) is 8.70. The minimum atomic E-state index is 0.174. The number of rotatable bonds is 3. The van der Waals surface area contributed by atoms with Crippen LogP contribution in [0.5, 0.6) is 0 Å². The summed E-state index contributed by atoms with van der Waals surface area (Å²) < 4.78 is 0. The predicted molar refractivity (Wildman–Crippen MR) is 76.4 cm³/mol. The fourth-order valence-corrected chi connectivity index (χ4v) is 2.89. The van der Waals surface area contributed by atoms with Crippen LogP contribution in [0.2, 0.25) is 0 Å². The average molecular weight is 258 g/mol. The molecule has 0 spiro atoms. The SMILES string of the molecule is CN(C(=O)c1cccc(C2CCCNC2)c1)C1CC1. The summed E-state index contributed by atoms with van der Waals surface area (Å²) in [6.45, 7) is 2.16. The van der Waals surface area contributed by atoms with Crippen LogP contribution < -0.4 is 5.32 Å². The zero-order chi connectivity index (χ0) is 13.2. The molecule has 1 amide bonds. The standard InChI is InChI=1S/C16H22N2O/c1-18(15-7-8-15)16(19)13-5-2-4-12(10-13)14-6-3-9-17-11-14/h2,4-5,10,14-15,17H,3,6-9,11H2,1H3. The molecule has 3 heteroatoms. The molecule has 1 unspecified atom stereocenters. The monoisotopic (exact) mass is 258 g/mol. The zero-order valence-electron chi connectivity index (χ0n) is 11.6. The van der Waals surface area contributed by atoms with Gasteiger partial charge >= 0.3 is 0 Å². The van der Waals surface area contributed by atoms with Crippen LogP contribution in [0, 0.1) is 0 Å². The van der Waals surface area contributed by atoms with Crippen molar-refractivity contribution in [1.82, 2.24) is 10.2 Å². The van der Waals surface area contributed by atoms with Gasteiger partial charge in [-0.3, -0.25) is 4.79 Å². The highest BCUT2D eigenvalue weighted by atomic mass is 16.2. The van der Waals surface area contributed by atoms with Crippen molar-refractivity contribution in [2.75, 3.05) is 20.1 Å². The van der Waals surface area contributed by atoms with Crippen molar-refractivity contribution in [1.29, 1.82) is 0 Å². The number of carbonyl (C=O) groups excluding carboxylic acids is 1. The molecule has 102 valence electrons. The van der Waals surface area contributed by atoms with Gasteiger partial charge in [-0.05, 0) is 55.8 Å². The van der Waals surface area contributed by atoms with Gasteiger partial charge < -0.3 is 10.2 Å². The number of benzene rings is 1. The van der Waals surface area contributed by atoms with Crippen molar-refractivity contribution in [3.63, 3.8) is 0 Å². The van der Waals surface area contributed by atoms with Crippen LogP contribution >= 0.6 is 0 Å². The predicted octanol–water partition coefficient (Wildman–Crippen LogP) is 2.39. The Morgan fingerprint density at radius 2 is 2.16 bits per heavy atom. The molecule has 1 aromatic carbocycles. The van der Waals surface area contributed by atoms with Crippen LogP contribution in [0.1, 0.15) is 47.5 Å².